The van der Waals surface area contributed by atoms with E-state index in [1.54, 1.807) is 6.20 Å². The van der Waals surface area contributed by atoms with Crippen LogP contribution >= 0.6 is 0 Å². The quantitative estimate of drug-likeness (QED) is 0.770. The Morgan fingerprint density at radius 1 is 1.33 bits per heavy atom. The van der Waals surface area contributed by atoms with Crippen LogP contribution in [0.5, 0.6) is 0 Å². The second kappa shape index (κ2) is 5.13. The van der Waals surface area contributed by atoms with Crippen LogP contribution in [-0.2, 0) is 0 Å². The van der Waals surface area contributed by atoms with Crippen LogP contribution < -0.4 is 10.6 Å². The Balaban J connectivity index is 2.12. The number of aryl methyl sites for hydroxylation is 1. The van der Waals surface area contributed by atoms with Gasteiger partial charge in [0, 0.05) is 19.4 Å². The number of nitrogens with one attached hydrogen (secondary N) is 2. The topological polar surface area (TPSA) is 78.0 Å². The van der Waals surface area contributed by atoms with E-state index < -0.39 is 0 Å². The summed E-state index contributed by atoms with van der Waals surface area (Å²) in [5, 5.41) is 15.5. The van der Waals surface area contributed by atoms with E-state index in [9.17, 15) is 5.26 Å². The number of anilines is 3. The van der Waals surface area contributed by atoms with Crippen molar-refractivity contribution in [2.75, 3.05) is 17.7 Å². The van der Waals surface area contributed by atoms with Gasteiger partial charge in [0.2, 0.25) is 0 Å². The van der Waals surface area contributed by atoms with Gasteiger partial charge in [-0.2, -0.15) is 5.26 Å². The molecule has 0 spiro atoms. The summed E-state index contributed by atoms with van der Waals surface area (Å²) in [6.07, 6.45) is 5.42. The van der Waals surface area contributed by atoms with E-state index in [-0.39, 0.29) is 0 Å². The molecule has 0 saturated carbocycles. The lowest BCUT2D eigenvalue weighted by Crippen LogP contribution is -2.03. The number of hydrogen-bond donors (Lipinski definition) is 2. The first-order valence-corrected chi connectivity index (χ1v) is 6.51. The molecule has 21 heavy (non-hydrogen) atoms. The van der Waals surface area contributed by atoms with Crippen molar-refractivity contribution in [2.24, 2.45) is 0 Å². The highest BCUT2D eigenvalue weighted by molar-refractivity contribution is 5.75. The van der Waals surface area contributed by atoms with Gasteiger partial charge in [-0.15, -0.1) is 0 Å². The predicted octanol–water partition coefficient (Wildman–Crippen LogP) is 2.69. The van der Waals surface area contributed by atoms with Crippen LogP contribution in [0.2, 0.25) is 0 Å². The van der Waals surface area contributed by atoms with Crippen LogP contribution in [0.1, 0.15) is 11.1 Å². The molecule has 0 atom stereocenters. The van der Waals surface area contributed by atoms with Crippen LogP contribution in [0.25, 0.3) is 5.65 Å². The molecular weight excluding hydrogens is 264 g/mol. The Hall–Kier alpha value is -3.07. The summed E-state index contributed by atoms with van der Waals surface area (Å²) in [6.45, 7) is 1.91. The molecule has 0 unspecified atom stereocenters. The molecule has 0 amide bonds. The van der Waals surface area contributed by atoms with Crippen LogP contribution in [0.15, 0.2) is 36.8 Å². The number of hydrogen-bond acceptors (Lipinski definition) is 5. The summed E-state index contributed by atoms with van der Waals surface area (Å²) < 4.78 is 1.88. The van der Waals surface area contributed by atoms with Crippen LogP contribution in [0, 0.1) is 18.3 Å². The van der Waals surface area contributed by atoms with Crippen molar-refractivity contribution < 1.29 is 0 Å². The van der Waals surface area contributed by atoms with E-state index in [0.29, 0.717) is 22.8 Å². The minimum Gasteiger partial charge on any atom is -0.372 e. The first-order chi connectivity index (χ1) is 10.2. The van der Waals surface area contributed by atoms with Gasteiger partial charge in [0.1, 0.15) is 11.9 Å². The number of nitriles is 1. The lowest BCUT2D eigenvalue weighted by atomic mass is 10.1. The molecule has 6 nitrogen and oxygen atoms in total. The van der Waals surface area contributed by atoms with Gasteiger partial charge in [-0.25, -0.2) is 9.97 Å². The largest absolute Gasteiger partial charge is 0.372 e. The number of fused-ring (bicyclic) bond motifs is 1. The zero-order valence-corrected chi connectivity index (χ0v) is 11.8. The average molecular weight is 278 g/mol. The molecule has 1 aromatic carbocycles. The van der Waals surface area contributed by atoms with Crippen molar-refractivity contribution in [2.45, 2.75) is 6.92 Å². The van der Waals surface area contributed by atoms with Crippen molar-refractivity contribution in [3.8, 4) is 6.07 Å². The Bertz CT molecular complexity index is 843. The first kappa shape index (κ1) is 12.9. The average Bonchev–Trinajstić information content (AvgIpc) is 2.96. The van der Waals surface area contributed by atoms with Crippen LogP contribution in [-0.4, -0.2) is 21.4 Å². The van der Waals surface area contributed by atoms with Gasteiger partial charge in [0.05, 0.1) is 17.4 Å². The maximum atomic E-state index is 9.31. The Labute approximate surface area is 122 Å². The smallest absolute Gasteiger partial charge is 0.180 e. The molecule has 2 aromatic heterocycles. The summed E-state index contributed by atoms with van der Waals surface area (Å²) in [5.74, 6) is 1.32. The van der Waals surface area contributed by atoms with Gasteiger partial charge in [-0.3, -0.25) is 0 Å². The molecule has 6 heteroatoms. The third-order valence-electron chi connectivity index (χ3n) is 3.27. The van der Waals surface area contributed by atoms with Gasteiger partial charge in [-0.05, 0) is 18.6 Å². The fourth-order valence-corrected chi connectivity index (χ4v) is 2.18. The standard InChI is InChI=1S/C15H14N6/c1-10-4-3-5-12(11(10)8-16)19-14-15-18-6-7-21(15)9-13(17-2)20-14/h3-7,9,17H,1-2H3,(H,19,20). The van der Waals surface area contributed by atoms with Gasteiger partial charge in [-0.1, -0.05) is 12.1 Å². The molecule has 0 saturated heterocycles. The Morgan fingerprint density at radius 3 is 2.95 bits per heavy atom. The zero-order chi connectivity index (χ0) is 14.8. The normalized spacial score (nSPS) is 10.3. The number of aromatic nitrogens is 3. The fourth-order valence-electron chi connectivity index (χ4n) is 2.18. The third kappa shape index (κ3) is 2.25. The van der Waals surface area contributed by atoms with E-state index in [4.69, 9.17) is 0 Å². The van der Waals surface area contributed by atoms with Gasteiger partial charge < -0.3 is 15.0 Å². The number of rotatable bonds is 3. The molecule has 0 fully saturated rings. The van der Waals surface area contributed by atoms with Crippen LogP contribution in [0.4, 0.5) is 17.3 Å². The van der Waals surface area contributed by atoms with Gasteiger partial charge >= 0.3 is 0 Å². The maximum Gasteiger partial charge on any atom is 0.180 e. The fraction of sp³-hybridized carbons (Fsp3) is 0.133. The Kier molecular flexibility index (Phi) is 3.16. The maximum absolute atomic E-state index is 9.31. The SMILES string of the molecule is CNc1cn2ccnc2c(Nc2cccc(C)c2C#N)n1. The highest BCUT2D eigenvalue weighted by atomic mass is 15.1. The second-order valence-corrected chi connectivity index (χ2v) is 4.62. The lowest BCUT2D eigenvalue weighted by molar-refractivity contribution is 1.12. The minimum absolute atomic E-state index is 0.606. The Morgan fingerprint density at radius 2 is 2.19 bits per heavy atom. The van der Waals surface area contributed by atoms with E-state index in [1.807, 2.05) is 49.0 Å². The first-order valence-electron chi connectivity index (χ1n) is 6.51. The number of imidazole rings is 1. The van der Waals surface area contributed by atoms with E-state index >= 15 is 0 Å². The molecule has 0 aliphatic heterocycles. The number of nitrogens with zero attached hydrogens (tertiary/aromatic N) is 4. The van der Waals surface area contributed by atoms with E-state index in [2.05, 4.69) is 26.7 Å². The lowest BCUT2D eigenvalue weighted by Gasteiger charge is -2.11. The molecule has 0 bridgehead atoms. The van der Waals surface area contributed by atoms with Crippen LogP contribution in [0.3, 0.4) is 0 Å². The number of benzene rings is 1. The zero-order valence-electron chi connectivity index (χ0n) is 11.8. The monoisotopic (exact) mass is 278 g/mol. The summed E-state index contributed by atoms with van der Waals surface area (Å²) in [6, 6.07) is 7.90. The molecule has 3 rings (SSSR count). The van der Waals surface area contributed by atoms with Crippen molar-refractivity contribution >= 4 is 23.0 Å². The van der Waals surface area contributed by atoms with E-state index in [1.165, 1.54) is 0 Å². The summed E-state index contributed by atoms with van der Waals surface area (Å²) in [5.41, 5.74) is 2.97. The second-order valence-electron chi connectivity index (χ2n) is 4.62. The minimum atomic E-state index is 0.606. The van der Waals surface area contributed by atoms with Gasteiger partial charge in [0.25, 0.3) is 0 Å². The van der Waals surface area contributed by atoms with Gasteiger partial charge in [0.15, 0.2) is 11.5 Å². The molecule has 2 heterocycles. The molecule has 0 aliphatic rings. The molecule has 104 valence electrons. The summed E-state index contributed by atoms with van der Waals surface area (Å²) in [7, 11) is 1.81. The van der Waals surface area contributed by atoms with Crippen molar-refractivity contribution in [3.05, 3.63) is 47.9 Å². The molecule has 2 N–H and O–H groups in total. The summed E-state index contributed by atoms with van der Waals surface area (Å²) >= 11 is 0. The highest BCUT2D eigenvalue weighted by Crippen LogP contribution is 2.25. The molecule has 0 radical (unpaired) electrons. The van der Waals surface area contributed by atoms with E-state index in [0.717, 1.165) is 11.3 Å². The van der Waals surface area contributed by atoms with Crippen molar-refractivity contribution in [1.29, 1.82) is 5.26 Å². The summed E-state index contributed by atoms with van der Waals surface area (Å²) in [4.78, 5) is 8.77. The third-order valence-corrected chi connectivity index (χ3v) is 3.27. The predicted molar refractivity (Wildman–Crippen MR) is 81.7 cm³/mol. The van der Waals surface area contributed by atoms with Crippen molar-refractivity contribution in [3.63, 3.8) is 0 Å². The molecule has 0 aliphatic carbocycles. The molecule has 3 aromatic rings. The molecular formula is C15H14N6. The highest BCUT2D eigenvalue weighted by Gasteiger charge is 2.10. The van der Waals surface area contributed by atoms with Crippen molar-refractivity contribution in [1.82, 2.24) is 14.4 Å².